The maximum atomic E-state index is 10.4. The number of non-ortho nitro benzene ring substituents is 1. The van der Waals surface area contributed by atoms with Crippen molar-refractivity contribution in [3.8, 4) is 0 Å². The molecule has 2 rings (SSSR count). The second-order valence-corrected chi connectivity index (χ2v) is 4.04. The molecule has 0 spiro atoms. The van der Waals surface area contributed by atoms with Crippen molar-refractivity contribution < 1.29 is 10.0 Å². The molecule has 1 atom stereocenters. The molecule has 1 aromatic rings. The summed E-state index contributed by atoms with van der Waals surface area (Å²) in [5, 5.41) is 20.2. The van der Waals surface area contributed by atoms with Crippen LogP contribution in [-0.4, -0.2) is 10.0 Å². The molecule has 15 heavy (non-hydrogen) atoms. The highest BCUT2D eigenvalue weighted by atomic mass is 16.6. The van der Waals surface area contributed by atoms with Crippen LogP contribution in [0.2, 0.25) is 0 Å². The van der Waals surface area contributed by atoms with Gasteiger partial charge in [0.1, 0.15) is 0 Å². The summed E-state index contributed by atoms with van der Waals surface area (Å²) in [6.07, 6.45) is 2.70. The van der Waals surface area contributed by atoms with Crippen molar-refractivity contribution in [2.75, 3.05) is 0 Å². The molecule has 1 saturated carbocycles. The molecule has 80 valence electrons. The molecule has 0 bridgehead atoms. The largest absolute Gasteiger partial charge is 0.388 e. The Morgan fingerprint density at radius 3 is 2.47 bits per heavy atom. The lowest BCUT2D eigenvalue weighted by molar-refractivity contribution is -0.384. The fraction of sp³-hybridized carbons (Fsp3) is 0.455. The average Bonchev–Trinajstić information content (AvgIpc) is 3.02. The maximum Gasteiger partial charge on any atom is 0.269 e. The highest BCUT2D eigenvalue weighted by Gasteiger charge is 2.25. The van der Waals surface area contributed by atoms with Gasteiger partial charge in [-0.05, 0) is 30.0 Å². The Hall–Kier alpha value is -1.42. The summed E-state index contributed by atoms with van der Waals surface area (Å²) in [6.45, 7) is 0. The quantitative estimate of drug-likeness (QED) is 0.609. The molecule has 4 heteroatoms. The van der Waals surface area contributed by atoms with Gasteiger partial charge in [-0.3, -0.25) is 10.1 Å². The van der Waals surface area contributed by atoms with Crippen LogP contribution in [0, 0.1) is 16.0 Å². The molecule has 4 nitrogen and oxygen atoms in total. The summed E-state index contributed by atoms with van der Waals surface area (Å²) in [4.78, 5) is 9.98. The predicted molar refractivity (Wildman–Crippen MR) is 55.4 cm³/mol. The fourth-order valence-corrected chi connectivity index (χ4v) is 1.62. The summed E-state index contributed by atoms with van der Waals surface area (Å²) < 4.78 is 0. The Bertz CT molecular complexity index is 357. The van der Waals surface area contributed by atoms with Crippen LogP contribution in [0.25, 0.3) is 0 Å². The summed E-state index contributed by atoms with van der Waals surface area (Å²) in [5.41, 5.74) is 0.838. The van der Waals surface area contributed by atoms with E-state index in [-0.39, 0.29) is 5.69 Å². The molecule has 1 aliphatic carbocycles. The molecule has 0 unspecified atom stereocenters. The number of hydrogen-bond donors (Lipinski definition) is 1. The van der Waals surface area contributed by atoms with E-state index in [1.54, 1.807) is 12.1 Å². The Morgan fingerprint density at radius 2 is 2.00 bits per heavy atom. The van der Waals surface area contributed by atoms with E-state index in [9.17, 15) is 15.2 Å². The van der Waals surface area contributed by atoms with Crippen LogP contribution in [0.5, 0.6) is 0 Å². The lowest BCUT2D eigenvalue weighted by Crippen LogP contribution is -1.98. The number of aliphatic hydroxyl groups is 1. The van der Waals surface area contributed by atoms with Gasteiger partial charge in [0.05, 0.1) is 11.0 Å². The molecular weight excluding hydrogens is 194 g/mol. The average molecular weight is 207 g/mol. The van der Waals surface area contributed by atoms with Crippen molar-refractivity contribution in [1.29, 1.82) is 0 Å². The van der Waals surface area contributed by atoms with Gasteiger partial charge in [-0.25, -0.2) is 0 Å². The predicted octanol–water partition coefficient (Wildman–Crippen LogP) is 2.43. The zero-order valence-corrected chi connectivity index (χ0v) is 8.30. The number of aliphatic hydroxyl groups excluding tert-OH is 1. The second-order valence-electron chi connectivity index (χ2n) is 4.04. The molecule has 0 heterocycles. The summed E-state index contributed by atoms with van der Waals surface area (Å²) in [7, 11) is 0. The summed E-state index contributed by atoms with van der Waals surface area (Å²) in [6, 6.07) is 6.13. The Morgan fingerprint density at radius 1 is 1.40 bits per heavy atom. The van der Waals surface area contributed by atoms with Gasteiger partial charge in [-0.2, -0.15) is 0 Å². The first-order chi connectivity index (χ1) is 7.16. The first kappa shape index (κ1) is 10.1. The van der Waals surface area contributed by atoms with Crippen LogP contribution in [0.15, 0.2) is 24.3 Å². The maximum absolute atomic E-state index is 10.4. The van der Waals surface area contributed by atoms with Crippen LogP contribution in [0.3, 0.4) is 0 Å². The van der Waals surface area contributed by atoms with Crippen molar-refractivity contribution in [3.05, 3.63) is 39.9 Å². The Balaban J connectivity index is 2.04. The minimum atomic E-state index is -0.474. The first-order valence-corrected chi connectivity index (χ1v) is 5.09. The number of nitro benzene ring substituents is 1. The van der Waals surface area contributed by atoms with Gasteiger partial charge < -0.3 is 5.11 Å². The molecule has 1 fully saturated rings. The fourth-order valence-electron chi connectivity index (χ4n) is 1.62. The molecule has 0 radical (unpaired) electrons. The molecule has 0 saturated heterocycles. The molecule has 1 N–H and O–H groups in total. The van der Waals surface area contributed by atoms with Gasteiger partial charge in [0.25, 0.3) is 5.69 Å². The van der Waals surface area contributed by atoms with E-state index < -0.39 is 11.0 Å². The second kappa shape index (κ2) is 3.98. The number of benzene rings is 1. The zero-order valence-electron chi connectivity index (χ0n) is 8.30. The van der Waals surface area contributed by atoms with Crippen LogP contribution < -0.4 is 0 Å². The lowest BCUT2D eigenvalue weighted by Gasteiger charge is -2.09. The van der Waals surface area contributed by atoms with Crippen LogP contribution in [0.4, 0.5) is 5.69 Å². The van der Waals surface area contributed by atoms with Gasteiger partial charge in [-0.1, -0.05) is 12.8 Å². The normalized spacial score (nSPS) is 17.4. The lowest BCUT2D eigenvalue weighted by atomic mass is 10.0. The molecular formula is C11H13NO3. The monoisotopic (exact) mass is 207 g/mol. The zero-order chi connectivity index (χ0) is 10.8. The highest BCUT2D eigenvalue weighted by molar-refractivity contribution is 5.33. The van der Waals surface area contributed by atoms with E-state index in [0.29, 0.717) is 5.92 Å². The number of nitrogens with zero attached hydrogens (tertiary/aromatic N) is 1. The number of hydrogen-bond acceptors (Lipinski definition) is 3. The summed E-state index contributed by atoms with van der Waals surface area (Å²) >= 11 is 0. The van der Waals surface area contributed by atoms with Gasteiger partial charge in [0.2, 0.25) is 0 Å². The van der Waals surface area contributed by atoms with E-state index in [4.69, 9.17) is 0 Å². The van der Waals surface area contributed by atoms with Gasteiger partial charge in [-0.15, -0.1) is 0 Å². The molecule has 0 aromatic heterocycles. The van der Waals surface area contributed by atoms with Crippen molar-refractivity contribution in [2.24, 2.45) is 5.92 Å². The molecule has 1 aromatic carbocycles. The van der Waals surface area contributed by atoms with Crippen LogP contribution >= 0.6 is 0 Å². The minimum Gasteiger partial charge on any atom is -0.388 e. The minimum absolute atomic E-state index is 0.0670. The van der Waals surface area contributed by atoms with E-state index in [0.717, 1.165) is 12.0 Å². The smallest absolute Gasteiger partial charge is 0.269 e. The van der Waals surface area contributed by atoms with Crippen molar-refractivity contribution in [1.82, 2.24) is 0 Å². The number of nitro groups is 1. The topological polar surface area (TPSA) is 63.4 Å². The Kier molecular flexibility index (Phi) is 2.68. The van der Waals surface area contributed by atoms with Crippen LogP contribution in [0.1, 0.15) is 30.9 Å². The Labute approximate surface area is 87.7 Å². The molecule has 0 amide bonds. The van der Waals surface area contributed by atoms with E-state index in [2.05, 4.69) is 0 Å². The third-order valence-corrected chi connectivity index (χ3v) is 2.74. The molecule has 0 aliphatic heterocycles. The van der Waals surface area contributed by atoms with Gasteiger partial charge in [0.15, 0.2) is 0 Å². The third-order valence-electron chi connectivity index (χ3n) is 2.74. The SMILES string of the molecule is O=[N+]([O-])c1ccc([C@@H](O)CC2CC2)cc1. The highest BCUT2D eigenvalue weighted by Crippen LogP contribution is 2.37. The van der Waals surface area contributed by atoms with Crippen molar-refractivity contribution in [3.63, 3.8) is 0 Å². The summed E-state index contributed by atoms with van der Waals surface area (Å²) in [5.74, 6) is 0.648. The van der Waals surface area contributed by atoms with Crippen molar-refractivity contribution in [2.45, 2.75) is 25.4 Å². The van der Waals surface area contributed by atoms with Crippen molar-refractivity contribution >= 4 is 5.69 Å². The molecule has 1 aliphatic rings. The van der Waals surface area contributed by atoms with Crippen LogP contribution in [-0.2, 0) is 0 Å². The van der Waals surface area contributed by atoms with Gasteiger partial charge in [0, 0.05) is 12.1 Å². The van der Waals surface area contributed by atoms with E-state index in [1.165, 1.54) is 25.0 Å². The third kappa shape index (κ3) is 2.53. The number of rotatable bonds is 4. The first-order valence-electron chi connectivity index (χ1n) is 5.09. The van der Waals surface area contributed by atoms with Gasteiger partial charge >= 0.3 is 0 Å². The van der Waals surface area contributed by atoms with E-state index >= 15 is 0 Å². The van der Waals surface area contributed by atoms with E-state index in [1.807, 2.05) is 0 Å². The standard InChI is InChI=1S/C11H13NO3/c13-11(7-8-1-2-8)9-3-5-10(6-4-9)12(14)15/h3-6,8,11,13H,1-2,7H2/t11-/m0/s1.